The Kier molecular flexibility index (Phi) is 4.21. The van der Waals surface area contributed by atoms with E-state index in [-0.39, 0.29) is 5.91 Å². The van der Waals surface area contributed by atoms with Crippen LogP contribution in [0.3, 0.4) is 0 Å². The second kappa shape index (κ2) is 6.66. The molecule has 3 aromatic heterocycles. The van der Waals surface area contributed by atoms with Crippen molar-refractivity contribution < 1.29 is 9.21 Å². The van der Waals surface area contributed by atoms with Crippen molar-refractivity contribution in [1.29, 1.82) is 0 Å². The first-order valence-electron chi connectivity index (χ1n) is 7.40. The van der Waals surface area contributed by atoms with Gasteiger partial charge in [-0.05, 0) is 42.4 Å². The van der Waals surface area contributed by atoms with Gasteiger partial charge in [0.1, 0.15) is 11.3 Å². The van der Waals surface area contributed by atoms with E-state index in [1.54, 1.807) is 6.07 Å². The minimum atomic E-state index is -0.277. The summed E-state index contributed by atoms with van der Waals surface area (Å²) in [6, 6.07) is 11.6. The van der Waals surface area contributed by atoms with E-state index >= 15 is 0 Å². The number of para-hydroxylation sites is 1. The summed E-state index contributed by atoms with van der Waals surface area (Å²) in [7, 11) is 0. The number of aromatic nitrogens is 3. The van der Waals surface area contributed by atoms with Crippen molar-refractivity contribution in [3.8, 4) is 0 Å². The first kappa shape index (κ1) is 15.8. The Labute approximate surface area is 151 Å². The average Bonchev–Trinajstić information content (AvgIpc) is 3.27. The Morgan fingerprint density at radius 1 is 1.24 bits per heavy atom. The van der Waals surface area contributed by atoms with Crippen LogP contribution in [-0.4, -0.2) is 21.1 Å². The van der Waals surface area contributed by atoms with Gasteiger partial charge in [0.2, 0.25) is 5.13 Å². The summed E-state index contributed by atoms with van der Waals surface area (Å²) in [4.78, 5) is 16.6. The molecule has 0 saturated heterocycles. The van der Waals surface area contributed by atoms with Gasteiger partial charge in [0, 0.05) is 5.39 Å². The van der Waals surface area contributed by atoms with Gasteiger partial charge in [-0.3, -0.25) is 10.1 Å². The number of carbonyl (C=O) groups is 1. The fourth-order valence-electron chi connectivity index (χ4n) is 2.32. The highest BCUT2D eigenvalue weighted by molar-refractivity contribution is 8.01. The lowest BCUT2D eigenvalue weighted by molar-refractivity contribution is 0.102. The van der Waals surface area contributed by atoms with Crippen LogP contribution in [0.1, 0.15) is 15.9 Å². The first-order valence-corrected chi connectivity index (χ1v) is 9.03. The minimum Gasteiger partial charge on any atom is -0.472 e. The standard InChI is InChI=1S/C17H12N4O2S2/c1-10-8-14(18-13-5-3-2-4-12(10)13)24-17-21-20-16(25-17)19-15(22)11-6-7-23-9-11/h2-9H,1H3,(H,19,20,22). The number of hydrogen-bond acceptors (Lipinski definition) is 7. The predicted molar refractivity (Wildman–Crippen MR) is 97.2 cm³/mol. The van der Waals surface area contributed by atoms with Crippen LogP contribution in [0.25, 0.3) is 10.9 Å². The fourth-order valence-corrected chi connectivity index (χ4v) is 4.10. The number of pyridine rings is 1. The third-order valence-electron chi connectivity index (χ3n) is 3.50. The largest absolute Gasteiger partial charge is 0.472 e. The number of amides is 1. The Bertz CT molecular complexity index is 1040. The molecule has 3 heterocycles. The molecular formula is C17H12N4O2S2. The zero-order chi connectivity index (χ0) is 17.2. The van der Waals surface area contributed by atoms with Crippen LogP contribution in [0, 0.1) is 6.92 Å². The molecule has 1 aromatic carbocycles. The summed E-state index contributed by atoms with van der Waals surface area (Å²) in [6.45, 7) is 2.06. The number of nitrogens with one attached hydrogen (secondary N) is 1. The molecule has 124 valence electrons. The molecule has 0 radical (unpaired) electrons. The molecule has 0 atom stereocenters. The lowest BCUT2D eigenvalue weighted by Gasteiger charge is -2.04. The molecule has 0 aliphatic rings. The summed E-state index contributed by atoms with van der Waals surface area (Å²) in [6.07, 6.45) is 2.83. The van der Waals surface area contributed by atoms with Crippen LogP contribution in [0.5, 0.6) is 0 Å². The van der Waals surface area contributed by atoms with E-state index in [9.17, 15) is 4.79 Å². The molecule has 0 saturated carbocycles. The Hall–Kier alpha value is -2.71. The second-order valence-electron chi connectivity index (χ2n) is 5.24. The van der Waals surface area contributed by atoms with Crippen molar-refractivity contribution in [3.05, 3.63) is 60.1 Å². The highest BCUT2D eigenvalue weighted by atomic mass is 32.2. The minimum absolute atomic E-state index is 0.277. The van der Waals surface area contributed by atoms with E-state index in [0.717, 1.165) is 21.5 Å². The van der Waals surface area contributed by atoms with Gasteiger partial charge in [-0.15, -0.1) is 10.2 Å². The lowest BCUT2D eigenvalue weighted by atomic mass is 10.1. The molecule has 0 aliphatic heterocycles. The molecule has 4 aromatic rings. The molecule has 6 nitrogen and oxygen atoms in total. The maximum absolute atomic E-state index is 12.0. The van der Waals surface area contributed by atoms with E-state index in [4.69, 9.17) is 4.42 Å². The van der Waals surface area contributed by atoms with Crippen molar-refractivity contribution in [1.82, 2.24) is 15.2 Å². The van der Waals surface area contributed by atoms with E-state index in [1.807, 2.05) is 24.3 Å². The average molecular weight is 368 g/mol. The smallest absolute Gasteiger partial charge is 0.260 e. The number of furan rings is 1. The third-order valence-corrected chi connectivity index (χ3v) is 5.31. The number of nitrogens with zero attached hydrogens (tertiary/aromatic N) is 3. The number of fused-ring (bicyclic) bond motifs is 1. The summed E-state index contributed by atoms with van der Waals surface area (Å²) >= 11 is 2.73. The van der Waals surface area contributed by atoms with Gasteiger partial charge in [0.05, 0.1) is 17.3 Å². The number of hydrogen-bond donors (Lipinski definition) is 1. The van der Waals surface area contributed by atoms with Crippen molar-refractivity contribution in [3.63, 3.8) is 0 Å². The van der Waals surface area contributed by atoms with E-state index in [2.05, 4.69) is 33.5 Å². The van der Waals surface area contributed by atoms with Gasteiger partial charge in [0.25, 0.3) is 5.91 Å². The first-order chi connectivity index (χ1) is 12.2. The van der Waals surface area contributed by atoms with Crippen molar-refractivity contribution >= 4 is 45.0 Å². The zero-order valence-electron chi connectivity index (χ0n) is 13.1. The van der Waals surface area contributed by atoms with Gasteiger partial charge in [-0.2, -0.15) is 0 Å². The Morgan fingerprint density at radius 2 is 2.12 bits per heavy atom. The molecule has 0 bridgehead atoms. The summed E-state index contributed by atoms with van der Waals surface area (Å²) < 4.78 is 5.61. The highest BCUT2D eigenvalue weighted by Crippen LogP contribution is 2.32. The van der Waals surface area contributed by atoms with Gasteiger partial charge >= 0.3 is 0 Å². The Morgan fingerprint density at radius 3 is 2.96 bits per heavy atom. The van der Waals surface area contributed by atoms with Crippen molar-refractivity contribution in [2.24, 2.45) is 0 Å². The molecule has 4 rings (SSSR count). The lowest BCUT2D eigenvalue weighted by Crippen LogP contribution is -2.10. The summed E-state index contributed by atoms with van der Waals surface area (Å²) in [5.41, 5.74) is 2.55. The van der Waals surface area contributed by atoms with Crippen LogP contribution in [-0.2, 0) is 0 Å². The molecule has 1 N–H and O–H groups in total. The number of rotatable bonds is 4. The van der Waals surface area contributed by atoms with E-state index in [1.165, 1.54) is 35.6 Å². The number of anilines is 1. The number of aryl methyl sites for hydroxylation is 1. The second-order valence-corrected chi connectivity index (χ2v) is 7.48. The van der Waals surface area contributed by atoms with Crippen LogP contribution < -0.4 is 5.32 Å². The normalized spacial score (nSPS) is 10.9. The van der Waals surface area contributed by atoms with Crippen LogP contribution in [0.15, 0.2) is 62.7 Å². The van der Waals surface area contributed by atoms with Crippen LogP contribution in [0.2, 0.25) is 0 Å². The van der Waals surface area contributed by atoms with Crippen LogP contribution >= 0.6 is 23.1 Å². The molecule has 1 amide bonds. The molecule has 25 heavy (non-hydrogen) atoms. The summed E-state index contributed by atoms with van der Waals surface area (Å²) in [5, 5.41) is 13.2. The number of benzene rings is 1. The maximum atomic E-state index is 12.0. The molecule has 0 aliphatic carbocycles. The van der Waals surface area contributed by atoms with E-state index in [0.29, 0.717) is 15.0 Å². The monoisotopic (exact) mass is 368 g/mol. The molecule has 0 spiro atoms. The molecular weight excluding hydrogens is 356 g/mol. The predicted octanol–water partition coefficient (Wildman–Crippen LogP) is 4.39. The molecule has 0 unspecified atom stereocenters. The van der Waals surface area contributed by atoms with Gasteiger partial charge < -0.3 is 4.42 Å². The molecule has 8 heteroatoms. The number of carbonyl (C=O) groups excluding carboxylic acids is 1. The van der Waals surface area contributed by atoms with Gasteiger partial charge in [0.15, 0.2) is 4.34 Å². The zero-order valence-corrected chi connectivity index (χ0v) is 14.7. The quantitative estimate of drug-likeness (QED) is 0.538. The molecule has 0 fully saturated rings. The maximum Gasteiger partial charge on any atom is 0.260 e. The topological polar surface area (TPSA) is 80.9 Å². The van der Waals surface area contributed by atoms with Crippen LogP contribution in [0.4, 0.5) is 5.13 Å². The highest BCUT2D eigenvalue weighted by Gasteiger charge is 2.13. The fraction of sp³-hybridized carbons (Fsp3) is 0.0588. The Balaban J connectivity index is 1.52. The third kappa shape index (κ3) is 3.40. The van der Waals surface area contributed by atoms with Gasteiger partial charge in [-0.1, -0.05) is 29.5 Å². The summed E-state index contributed by atoms with van der Waals surface area (Å²) in [5.74, 6) is -0.277. The van der Waals surface area contributed by atoms with E-state index < -0.39 is 0 Å². The van der Waals surface area contributed by atoms with Gasteiger partial charge in [-0.25, -0.2) is 4.98 Å². The SMILES string of the molecule is Cc1cc(Sc2nnc(NC(=O)c3ccoc3)s2)nc2ccccc12. The van der Waals surface area contributed by atoms with Crippen molar-refractivity contribution in [2.75, 3.05) is 5.32 Å². The van der Waals surface area contributed by atoms with Crippen molar-refractivity contribution in [2.45, 2.75) is 16.3 Å².